The highest BCUT2D eigenvalue weighted by Gasteiger charge is 2.26. The van der Waals surface area contributed by atoms with Gasteiger partial charge in [0, 0.05) is 6.42 Å². The van der Waals surface area contributed by atoms with Gasteiger partial charge < -0.3 is 19.9 Å². The Hall–Kier alpha value is -2.27. The van der Waals surface area contributed by atoms with Crippen LogP contribution < -0.4 is 5.32 Å². The second kappa shape index (κ2) is 8.39. The highest BCUT2D eigenvalue weighted by atomic mass is 16.4. The van der Waals surface area contributed by atoms with Crippen molar-refractivity contribution in [1.82, 2.24) is 5.32 Å². The van der Waals surface area contributed by atoms with E-state index in [-0.39, 0.29) is 23.3 Å². The fourth-order valence-electron chi connectivity index (χ4n) is 3.12. The summed E-state index contributed by atoms with van der Waals surface area (Å²) >= 11 is 0. The van der Waals surface area contributed by atoms with Crippen molar-refractivity contribution < 1.29 is 19.4 Å². The van der Waals surface area contributed by atoms with Crippen LogP contribution in [-0.4, -0.2) is 22.7 Å². The van der Waals surface area contributed by atoms with E-state index >= 15 is 0 Å². The summed E-state index contributed by atoms with van der Waals surface area (Å²) in [7, 11) is 0. The maximum absolute atomic E-state index is 12.2. The Balaban J connectivity index is 2.07. The number of hydrogen-bond donors (Lipinski definition) is 3. The molecule has 1 aromatic carbocycles. The molecule has 154 valence electrons. The number of aromatic hydroxyl groups is 1. The Labute approximate surface area is 167 Å². The normalized spacial score (nSPS) is 13.4. The van der Waals surface area contributed by atoms with Crippen LogP contribution in [0.25, 0.3) is 0 Å². The molecule has 0 saturated carbocycles. The average molecular weight is 388 g/mol. The molecule has 0 aliphatic carbocycles. The number of aryl methyl sites for hydroxylation is 1. The molecule has 0 spiro atoms. The number of hydrogen-bond acceptors (Lipinski definition) is 4. The van der Waals surface area contributed by atoms with Crippen molar-refractivity contribution in [1.29, 1.82) is 0 Å². The van der Waals surface area contributed by atoms with E-state index in [1.807, 2.05) is 12.1 Å². The van der Waals surface area contributed by atoms with Crippen LogP contribution in [0.3, 0.4) is 0 Å². The topological polar surface area (TPSA) is 82.7 Å². The quantitative estimate of drug-likeness (QED) is 0.688. The van der Waals surface area contributed by atoms with Crippen molar-refractivity contribution >= 4 is 5.91 Å². The number of phenols is 1. The zero-order chi connectivity index (χ0) is 21.1. The molecule has 1 amide bonds. The summed E-state index contributed by atoms with van der Waals surface area (Å²) in [5.74, 6) is 0.645. The molecule has 5 nitrogen and oxygen atoms in total. The van der Waals surface area contributed by atoms with Gasteiger partial charge in [0.2, 0.25) is 5.91 Å². The second-order valence-corrected chi connectivity index (χ2v) is 9.37. The third kappa shape index (κ3) is 5.61. The smallest absolute Gasteiger partial charge is 0.220 e. The molecule has 1 heterocycles. The summed E-state index contributed by atoms with van der Waals surface area (Å²) < 4.78 is 5.13. The van der Waals surface area contributed by atoms with Gasteiger partial charge in [0.1, 0.15) is 17.6 Å². The van der Waals surface area contributed by atoms with E-state index in [0.717, 1.165) is 16.7 Å². The lowest BCUT2D eigenvalue weighted by Crippen LogP contribution is -2.28. The minimum atomic E-state index is -0.854. The molecule has 0 aliphatic rings. The number of phenolic OH excluding ortho intramolecular Hbond substituents is 1. The number of aliphatic hydroxyl groups excluding tert-OH is 1. The SMILES string of the molecule is CC(C)(C)c1cc(CCC(=O)NCC(O)c2ccco2)cc(C(C)(C)C)c1O. The highest BCUT2D eigenvalue weighted by Crippen LogP contribution is 2.39. The predicted molar refractivity (Wildman–Crippen MR) is 111 cm³/mol. The summed E-state index contributed by atoms with van der Waals surface area (Å²) in [5.41, 5.74) is 2.41. The molecule has 1 aromatic heterocycles. The largest absolute Gasteiger partial charge is 0.507 e. The number of benzene rings is 1. The molecule has 0 radical (unpaired) electrons. The van der Waals surface area contributed by atoms with Gasteiger partial charge in [-0.2, -0.15) is 0 Å². The Morgan fingerprint density at radius 2 is 1.68 bits per heavy atom. The maximum Gasteiger partial charge on any atom is 0.220 e. The molecular formula is C23H33NO4. The summed E-state index contributed by atoms with van der Waals surface area (Å²) in [5, 5.41) is 23.5. The van der Waals surface area contributed by atoms with E-state index in [4.69, 9.17) is 4.42 Å². The van der Waals surface area contributed by atoms with Crippen LogP contribution in [0.1, 0.15) is 76.5 Å². The lowest BCUT2D eigenvalue weighted by atomic mass is 9.78. The third-order valence-corrected chi connectivity index (χ3v) is 4.79. The molecule has 0 aliphatic heterocycles. The van der Waals surface area contributed by atoms with Gasteiger partial charge in [-0.3, -0.25) is 4.79 Å². The highest BCUT2D eigenvalue weighted by molar-refractivity contribution is 5.76. The maximum atomic E-state index is 12.2. The van der Waals surface area contributed by atoms with E-state index in [2.05, 4.69) is 46.9 Å². The molecule has 3 N–H and O–H groups in total. The van der Waals surface area contributed by atoms with Crippen LogP contribution in [0.2, 0.25) is 0 Å². The minimum Gasteiger partial charge on any atom is -0.507 e. The first-order chi connectivity index (χ1) is 12.9. The molecule has 2 rings (SSSR count). The van der Waals surface area contributed by atoms with Crippen LogP contribution in [0, 0.1) is 0 Å². The van der Waals surface area contributed by atoms with Crippen LogP contribution in [0.4, 0.5) is 0 Å². The van der Waals surface area contributed by atoms with Gasteiger partial charge in [-0.25, -0.2) is 0 Å². The number of amides is 1. The molecule has 1 atom stereocenters. The van der Waals surface area contributed by atoms with Crippen LogP contribution in [0.15, 0.2) is 34.9 Å². The lowest BCUT2D eigenvalue weighted by molar-refractivity contribution is -0.121. The Morgan fingerprint density at radius 3 is 2.14 bits per heavy atom. The fraction of sp³-hybridized carbons (Fsp3) is 0.522. The zero-order valence-electron chi connectivity index (χ0n) is 17.8. The van der Waals surface area contributed by atoms with Crippen LogP contribution >= 0.6 is 0 Å². The van der Waals surface area contributed by atoms with E-state index < -0.39 is 6.10 Å². The Bertz CT molecular complexity index is 760. The van der Waals surface area contributed by atoms with Crippen molar-refractivity contribution in [2.24, 2.45) is 0 Å². The molecule has 0 bridgehead atoms. The van der Waals surface area contributed by atoms with Crippen LogP contribution in [0.5, 0.6) is 5.75 Å². The predicted octanol–water partition coefficient (Wildman–Crippen LogP) is 4.36. The Kier molecular flexibility index (Phi) is 6.60. The van der Waals surface area contributed by atoms with Gasteiger partial charge in [0.25, 0.3) is 0 Å². The number of rotatable bonds is 6. The van der Waals surface area contributed by atoms with Crippen molar-refractivity contribution in [2.45, 2.75) is 71.3 Å². The fourth-order valence-corrected chi connectivity index (χ4v) is 3.12. The van der Waals surface area contributed by atoms with Crippen LogP contribution in [-0.2, 0) is 22.0 Å². The van der Waals surface area contributed by atoms with Gasteiger partial charge in [-0.1, -0.05) is 53.7 Å². The molecule has 0 saturated heterocycles. The molecule has 28 heavy (non-hydrogen) atoms. The molecular weight excluding hydrogens is 354 g/mol. The first-order valence-corrected chi connectivity index (χ1v) is 9.74. The first kappa shape index (κ1) is 22.0. The van der Waals surface area contributed by atoms with Gasteiger partial charge in [0.05, 0.1) is 12.8 Å². The lowest BCUT2D eigenvalue weighted by Gasteiger charge is -2.28. The number of carbonyl (C=O) groups is 1. The van der Waals surface area contributed by atoms with Crippen molar-refractivity contribution in [3.63, 3.8) is 0 Å². The van der Waals surface area contributed by atoms with Crippen molar-refractivity contribution in [3.05, 3.63) is 53.0 Å². The van der Waals surface area contributed by atoms with Gasteiger partial charge in [-0.05, 0) is 46.1 Å². The third-order valence-electron chi connectivity index (χ3n) is 4.79. The molecule has 0 fully saturated rings. The van der Waals surface area contributed by atoms with E-state index in [9.17, 15) is 15.0 Å². The number of furan rings is 1. The summed E-state index contributed by atoms with van der Waals surface area (Å²) in [4.78, 5) is 12.2. The van der Waals surface area contributed by atoms with E-state index in [1.54, 1.807) is 12.1 Å². The van der Waals surface area contributed by atoms with E-state index in [1.165, 1.54) is 6.26 Å². The molecule has 5 heteroatoms. The van der Waals surface area contributed by atoms with Crippen molar-refractivity contribution in [2.75, 3.05) is 6.54 Å². The summed E-state index contributed by atoms with van der Waals surface area (Å²) in [6, 6.07) is 7.37. The van der Waals surface area contributed by atoms with Gasteiger partial charge >= 0.3 is 0 Å². The van der Waals surface area contributed by atoms with Gasteiger partial charge in [0.15, 0.2) is 0 Å². The second-order valence-electron chi connectivity index (χ2n) is 9.37. The number of nitrogens with one attached hydrogen (secondary N) is 1. The first-order valence-electron chi connectivity index (χ1n) is 9.74. The monoisotopic (exact) mass is 387 g/mol. The van der Waals surface area contributed by atoms with Gasteiger partial charge in [-0.15, -0.1) is 0 Å². The minimum absolute atomic E-state index is 0.113. The van der Waals surface area contributed by atoms with Crippen molar-refractivity contribution in [3.8, 4) is 5.75 Å². The molecule has 2 aromatic rings. The van der Waals surface area contributed by atoms with E-state index in [0.29, 0.717) is 24.4 Å². The summed E-state index contributed by atoms with van der Waals surface area (Å²) in [6.07, 6.45) is 1.51. The zero-order valence-corrected chi connectivity index (χ0v) is 17.8. The standard InChI is InChI=1S/C23H33NO4/c1-22(2,3)16-12-15(13-17(21(16)27)23(4,5)6)9-10-20(26)24-14-18(25)19-8-7-11-28-19/h7-8,11-13,18,25,27H,9-10,14H2,1-6H3,(H,24,26). The number of carbonyl (C=O) groups excluding carboxylic acids is 1. The summed E-state index contributed by atoms with van der Waals surface area (Å²) in [6.45, 7) is 12.5. The molecule has 1 unspecified atom stereocenters. The average Bonchev–Trinajstić information content (AvgIpc) is 3.11. The Morgan fingerprint density at radius 1 is 1.11 bits per heavy atom. The number of aliphatic hydroxyl groups is 1.